The number of fused-ring (bicyclic) bond motifs is 1. The maximum absolute atomic E-state index is 12.5. The van der Waals surface area contributed by atoms with Gasteiger partial charge in [0.1, 0.15) is 5.65 Å². The van der Waals surface area contributed by atoms with E-state index in [-0.39, 0.29) is 5.91 Å². The van der Waals surface area contributed by atoms with E-state index in [1.807, 2.05) is 60.8 Å². The fourth-order valence-corrected chi connectivity index (χ4v) is 3.74. The Morgan fingerprint density at radius 3 is 2.37 bits per heavy atom. The molecule has 2 heterocycles. The Labute approximate surface area is 184 Å². The molecule has 0 fully saturated rings. The maximum atomic E-state index is 12.5. The number of nitrogens with zero attached hydrogens (tertiary/aromatic N) is 2. The molecule has 0 atom stereocenters. The summed E-state index contributed by atoms with van der Waals surface area (Å²) in [6.45, 7) is 4.07. The number of anilines is 1. The van der Waals surface area contributed by atoms with Crippen LogP contribution in [-0.4, -0.2) is 15.3 Å². The molecule has 0 unspecified atom stereocenters. The number of pyridine rings is 1. The van der Waals surface area contributed by atoms with Gasteiger partial charge in [0.15, 0.2) is 0 Å². The molecule has 0 saturated heterocycles. The fraction of sp³-hybridized carbons (Fsp3) is 0.0833. The SMILES string of the molecule is Cc1ccc(-c2nc3cc(C)ccn3c2/C=C/C(=O)Nc2cc(Cl)cc(Cl)c2)cc1. The number of carbonyl (C=O) groups is 1. The summed E-state index contributed by atoms with van der Waals surface area (Å²) in [6, 6.07) is 17.1. The average Bonchev–Trinajstić information content (AvgIpc) is 3.03. The van der Waals surface area contributed by atoms with Crippen LogP contribution in [-0.2, 0) is 4.79 Å². The van der Waals surface area contributed by atoms with Crippen molar-refractivity contribution in [3.63, 3.8) is 0 Å². The van der Waals surface area contributed by atoms with E-state index in [9.17, 15) is 4.79 Å². The summed E-state index contributed by atoms with van der Waals surface area (Å²) in [5.41, 5.74) is 6.29. The Bertz CT molecular complexity index is 1250. The quantitative estimate of drug-likeness (QED) is 0.368. The molecule has 2 aromatic carbocycles. The number of carbonyl (C=O) groups excluding carboxylic acids is 1. The summed E-state index contributed by atoms with van der Waals surface area (Å²) in [5.74, 6) is -0.287. The Morgan fingerprint density at radius 1 is 0.967 bits per heavy atom. The number of rotatable bonds is 4. The molecule has 4 aromatic rings. The second kappa shape index (κ2) is 8.34. The molecule has 0 aliphatic rings. The standard InChI is InChI=1S/C24H19Cl2N3O/c1-15-3-5-17(6-4-15)24-21(29-10-9-16(2)11-22(29)28-24)7-8-23(30)27-20-13-18(25)12-19(26)14-20/h3-14H,1-2H3,(H,27,30)/b8-7+. The summed E-state index contributed by atoms with van der Waals surface area (Å²) in [6.07, 6.45) is 5.21. The van der Waals surface area contributed by atoms with E-state index in [0.717, 1.165) is 28.2 Å². The van der Waals surface area contributed by atoms with Crippen molar-refractivity contribution in [2.45, 2.75) is 13.8 Å². The molecule has 30 heavy (non-hydrogen) atoms. The number of imidazole rings is 1. The smallest absolute Gasteiger partial charge is 0.248 e. The number of aromatic nitrogens is 2. The first-order chi connectivity index (χ1) is 14.4. The number of benzene rings is 2. The summed E-state index contributed by atoms with van der Waals surface area (Å²) < 4.78 is 1.97. The van der Waals surface area contributed by atoms with Crippen molar-refractivity contribution in [2.75, 3.05) is 5.32 Å². The number of amides is 1. The van der Waals surface area contributed by atoms with Gasteiger partial charge in [-0.1, -0.05) is 53.0 Å². The van der Waals surface area contributed by atoms with Crippen molar-refractivity contribution in [1.82, 2.24) is 9.38 Å². The number of hydrogen-bond donors (Lipinski definition) is 1. The molecule has 0 aliphatic heterocycles. The van der Waals surface area contributed by atoms with Crippen molar-refractivity contribution in [3.05, 3.63) is 93.7 Å². The third kappa shape index (κ3) is 4.40. The number of aryl methyl sites for hydroxylation is 2. The lowest BCUT2D eigenvalue weighted by atomic mass is 10.1. The first-order valence-electron chi connectivity index (χ1n) is 9.40. The molecule has 6 heteroatoms. The van der Waals surface area contributed by atoms with Gasteiger partial charge in [-0.05, 0) is 55.8 Å². The van der Waals surface area contributed by atoms with Crippen LogP contribution < -0.4 is 5.32 Å². The maximum Gasteiger partial charge on any atom is 0.248 e. The highest BCUT2D eigenvalue weighted by Gasteiger charge is 2.12. The molecule has 150 valence electrons. The molecule has 2 aromatic heterocycles. The van der Waals surface area contributed by atoms with E-state index in [1.165, 1.54) is 11.6 Å². The topological polar surface area (TPSA) is 46.4 Å². The zero-order valence-electron chi connectivity index (χ0n) is 16.5. The number of nitrogens with one attached hydrogen (secondary N) is 1. The van der Waals surface area contributed by atoms with E-state index >= 15 is 0 Å². The van der Waals surface area contributed by atoms with Gasteiger partial charge in [-0.15, -0.1) is 0 Å². The lowest BCUT2D eigenvalue weighted by Crippen LogP contribution is -2.07. The molecule has 1 N–H and O–H groups in total. The van der Waals surface area contributed by atoms with Crippen LogP contribution in [0.1, 0.15) is 16.8 Å². The normalized spacial score (nSPS) is 11.3. The largest absolute Gasteiger partial charge is 0.322 e. The molecular weight excluding hydrogens is 417 g/mol. The van der Waals surface area contributed by atoms with Gasteiger partial charge in [0.05, 0.1) is 11.4 Å². The van der Waals surface area contributed by atoms with E-state index in [0.29, 0.717) is 15.7 Å². The minimum absolute atomic E-state index is 0.287. The van der Waals surface area contributed by atoms with Crippen LogP contribution in [0, 0.1) is 13.8 Å². The van der Waals surface area contributed by atoms with Crippen molar-refractivity contribution < 1.29 is 4.79 Å². The molecule has 4 nitrogen and oxygen atoms in total. The Hall–Kier alpha value is -3.08. The molecule has 0 radical (unpaired) electrons. The highest BCUT2D eigenvalue weighted by atomic mass is 35.5. The zero-order valence-corrected chi connectivity index (χ0v) is 18.0. The second-order valence-electron chi connectivity index (χ2n) is 7.12. The van der Waals surface area contributed by atoms with Gasteiger partial charge in [0.25, 0.3) is 0 Å². The van der Waals surface area contributed by atoms with Crippen molar-refractivity contribution in [2.24, 2.45) is 0 Å². The molecule has 4 rings (SSSR count). The third-order valence-electron chi connectivity index (χ3n) is 4.67. The van der Waals surface area contributed by atoms with Gasteiger partial charge in [-0.25, -0.2) is 4.98 Å². The predicted octanol–water partition coefficient (Wildman–Crippen LogP) is 6.58. The summed E-state index contributed by atoms with van der Waals surface area (Å²) in [5, 5.41) is 3.70. The van der Waals surface area contributed by atoms with Gasteiger partial charge in [-0.3, -0.25) is 9.20 Å². The molecular formula is C24H19Cl2N3O. The molecule has 0 bridgehead atoms. The Kier molecular flexibility index (Phi) is 5.62. The first-order valence-corrected chi connectivity index (χ1v) is 10.2. The molecule has 1 amide bonds. The van der Waals surface area contributed by atoms with Crippen LogP contribution in [0.15, 0.2) is 66.9 Å². The zero-order chi connectivity index (χ0) is 21.3. The van der Waals surface area contributed by atoms with Crippen molar-refractivity contribution >= 4 is 46.5 Å². The van der Waals surface area contributed by atoms with Gasteiger partial charge >= 0.3 is 0 Å². The van der Waals surface area contributed by atoms with Gasteiger partial charge in [0, 0.05) is 33.6 Å². The van der Waals surface area contributed by atoms with E-state index < -0.39 is 0 Å². The predicted molar refractivity (Wildman–Crippen MR) is 124 cm³/mol. The monoisotopic (exact) mass is 435 g/mol. The van der Waals surface area contributed by atoms with Crippen LogP contribution >= 0.6 is 23.2 Å². The average molecular weight is 436 g/mol. The molecule has 0 saturated carbocycles. The van der Waals surface area contributed by atoms with Gasteiger partial charge in [0.2, 0.25) is 5.91 Å². The van der Waals surface area contributed by atoms with E-state index in [1.54, 1.807) is 24.3 Å². The first kappa shape index (κ1) is 20.2. The van der Waals surface area contributed by atoms with Gasteiger partial charge in [-0.2, -0.15) is 0 Å². The Balaban J connectivity index is 1.70. The summed E-state index contributed by atoms with van der Waals surface area (Å²) in [4.78, 5) is 17.3. The second-order valence-corrected chi connectivity index (χ2v) is 8.00. The fourth-order valence-electron chi connectivity index (χ4n) is 3.21. The van der Waals surface area contributed by atoms with Crippen molar-refractivity contribution in [3.8, 4) is 11.3 Å². The van der Waals surface area contributed by atoms with E-state index in [4.69, 9.17) is 28.2 Å². The van der Waals surface area contributed by atoms with Crippen molar-refractivity contribution in [1.29, 1.82) is 0 Å². The highest BCUT2D eigenvalue weighted by Crippen LogP contribution is 2.27. The minimum atomic E-state index is -0.287. The van der Waals surface area contributed by atoms with Crippen LogP contribution in [0.5, 0.6) is 0 Å². The Morgan fingerprint density at radius 2 is 1.67 bits per heavy atom. The summed E-state index contributed by atoms with van der Waals surface area (Å²) in [7, 11) is 0. The van der Waals surface area contributed by atoms with Crippen LogP contribution in [0.3, 0.4) is 0 Å². The lowest BCUT2D eigenvalue weighted by molar-refractivity contribution is -0.111. The van der Waals surface area contributed by atoms with E-state index in [2.05, 4.69) is 5.32 Å². The third-order valence-corrected chi connectivity index (χ3v) is 5.10. The van der Waals surface area contributed by atoms with Gasteiger partial charge < -0.3 is 5.32 Å². The summed E-state index contributed by atoms with van der Waals surface area (Å²) >= 11 is 12.0. The molecule has 0 spiro atoms. The lowest BCUT2D eigenvalue weighted by Gasteiger charge is -2.04. The van der Waals surface area contributed by atoms with Crippen LogP contribution in [0.2, 0.25) is 10.0 Å². The number of halogens is 2. The number of hydrogen-bond acceptors (Lipinski definition) is 2. The highest BCUT2D eigenvalue weighted by molar-refractivity contribution is 6.35. The minimum Gasteiger partial charge on any atom is -0.322 e. The van der Waals surface area contributed by atoms with Crippen LogP contribution in [0.4, 0.5) is 5.69 Å². The van der Waals surface area contributed by atoms with Crippen LogP contribution in [0.25, 0.3) is 23.0 Å². The molecule has 0 aliphatic carbocycles.